The highest BCUT2D eigenvalue weighted by Crippen LogP contribution is 2.15. The lowest BCUT2D eigenvalue weighted by Gasteiger charge is -2.23. The van der Waals surface area contributed by atoms with Crippen molar-refractivity contribution in [2.24, 2.45) is 0 Å². The zero-order valence-corrected chi connectivity index (χ0v) is 12.1. The molecule has 1 aliphatic rings. The van der Waals surface area contributed by atoms with Gasteiger partial charge in [0.15, 0.2) is 0 Å². The van der Waals surface area contributed by atoms with Gasteiger partial charge in [-0.25, -0.2) is 4.79 Å². The molecule has 1 aromatic heterocycles. The molecule has 0 saturated carbocycles. The number of aromatic nitrogens is 2. The molecule has 1 N–H and O–H groups in total. The Morgan fingerprint density at radius 2 is 2.19 bits per heavy atom. The Labute approximate surface area is 122 Å². The minimum atomic E-state index is -0.157. The Kier molecular flexibility index (Phi) is 3.64. The molecule has 2 heterocycles. The summed E-state index contributed by atoms with van der Waals surface area (Å²) < 4.78 is 1.64. The summed E-state index contributed by atoms with van der Waals surface area (Å²) in [5.41, 5.74) is 1.50. The number of aryl methyl sites for hydroxylation is 1. The molecular formula is C16H19N3O2. The molecule has 5 nitrogen and oxygen atoms in total. The maximum Gasteiger partial charge on any atom is 0.326 e. The third-order valence-corrected chi connectivity index (χ3v) is 4.03. The largest absolute Gasteiger partial charge is 0.332 e. The van der Waals surface area contributed by atoms with E-state index in [-0.39, 0.29) is 17.6 Å². The molecule has 110 valence electrons. The van der Waals surface area contributed by atoms with Crippen molar-refractivity contribution in [2.45, 2.75) is 32.4 Å². The minimum Gasteiger partial charge on any atom is -0.332 e. The average Bonchev–Trinajstić information content (AvgIpc) is 3.08. The predicted molar refractivity (Wildman–Crippen MR) is 82.1 cm³/mol. The molecule has 1 amide bonds. The van der Waals surface area contributed by atoms with E-state index >= 15 is 0 Å². The molecule has 3 rings (SSSR count). The normalized spacial score (nSPS) is 17.8. The van der Waals surface area contributed by atoms with Crippen molar-refractivity contribution in [3.63, 3.8) is 0 Å². The van der Waals surface area contributed by atoms with Crippen LogP contribution in [0.2, 0.25) is 0 Å². The number of carbonyl (C=O) groups excluding carboxylic acids is 1. The van der Waals surface area contributed by atoms with Crippen LogP contribution >= 0.6 is 0 Å². The summed E-state index contributed by atoms with van der Waals surface area (Å²) in [7, 11) is 0. The van der Waals surface area contributed by atoms with Gasteiger partial charge in [-0.15, -0.1) is 0 Å². The van der Waals surface area contributed by atoms with Crippen molar-refractivity contribution in [1.82, 2.24) is 14.5 Å². The number of carbonyl (C=O) groups is 1. The van der Waals surface area contributed by atoms with Crippen LogP contribution in [0.3, 0.4) is 0 Å². The Balaban J connectivity index is 1.73. The fourth-order valence-corrected chi connectivity index (χ4v) is 2.89. The number of benzene rings is 1. The standard InChI is InChI=1S/C16H19N3O2/c1-2-12-6-5-10-18(12)15(20)9-11-19-14-8-4-3-7-13(14)17-16(19)21/h3-8,12H,2,9-11H2,1H3,(H,17,21). The molecule has 5 heteroatoms. The lowest BCUT2D eigenvalue weighted by atomic mass is 10.2. The second kappa shape index (κ2) is 5.60. The molecule has 1 aliphatic heterocycles. The number of nitrogens with zero attached hydrogens (tertiary/aromatic N) is 2. The molecule has 1 atom stereocenters. The van der Waals surface area contributed by atoms with E-state index in [2.05, 4.69) is 18.0 Å². The quantitative estimate of drug-likeness (QED) is 0.872. The maximum absolute atomic E-state index is 12.3. The van der Waals surface area contributed by atoms with Gasteiger partial charge in [0.2, 0.25) is 5.91 Å². The van der Waals surface area contributed by atoms with Gasteiger partial charge in [0.25, 0.3) is 0 Å². The number of H-pyrrole nitrogens is 1. The first-order valence-corrected chi connectivity index (χ1v) is 7.34. The maximum atomic E-state index is 12.3. The molecule has 0 aliphatic carbocycles. The van der Waals surface area contributed by atoms with Crippen molar-refractivity contribution in [3.8, 4) is 0 Å². The number of fused-ring (bicyclic) bond motifs is 1. The molecule has 21 heavy (non-hydrogen) atoms. The van der Waals surface area contributed by atoms with Gasteiger partial charge in [-0.3, -0.25) is 9.36 Å². The number of para-hydroxylation sites is 2. The van der Waals surface area contributed by atoms with E-state index in [9.17, 15) is 9.59 Å². The summed E-state index contributed by atoms with van der Waals surface area (Å²) >= 11 is 0. The Morgan fingerprint density at radius 3 is 3.00 bits per heavy atom. The summed E-state index contributed by atoms with van der Waals surface area (Å²) in [5.74, 6) is 0.101. The number of hydrogen-bond donors (Lipinski definition) is 1. The van der Waals surface area contributed by atoms with Gasteiger partial charge in [0, 0.05) is 19.5 Å². The highest BCUT2D eigenvalue weighted by Gasteiger charge is 2.23. The number of amides is 1. The van der Waals surface area contributed by atoms with Crippen LogP contribution in [0.25, 0.3) is 11.0 Å². The third-order valence-electron chi connectivity index (χ3n) is 4.03. The van der Waals surface area contributed by atoms with Crippen LogP contribution in [-0.2, 0) is 11.3 Å². The lowest BCUT2D eigenvalue weighted by molar-refractivity contribution is -0.131. The summed E-state index contributed by atoms with van der Waals surface area (Å²) in [6.45, 7) is 3.17. The first-order valence-electron chi connectivity index (χ1n) is 7.34. The highest BCUT2D eigenvalue weighted by atomic mass is 16.2. The number of nitrogens with one attached hydrogen (secondary N) is 1. The molecule has 2 aromatic rings. The summed E-state index contributed by atoms with van der Waals surface area (Å²) in [6.07, 6.45) is 5.38. The monoisotopic (exact) mass is 285 g/mol. The van der Waals surface area contributed by atoms with Crippen LogP contribution in [0.4, 0.5) is 0 Å². The van der Waals surface area contributed by atoms with Crippen LogP contribution in [0.15, 0.2) is 41.2 Å². The predicted octanol–water partition coefficient (Wildman–Crippen LogP) is 1.90. The van der Waals surface area contributed by atoms with Crippen LogP contribution in [0.1, 0.15) is 19.8 Å². The van der Waals surface area contributed by atoms with Crippen molar-refractivity contribution in [1.29, 1.82) is 0 Å². The Bertz CT molecular complexity index is 741. The van der Waals surface area contributed by atoms with Gasteiger partial charge in [0.05, 0.1) is 17.1 Å². The number of hydrogen-bond acceptors (Lipinski definition) is 2. The second-order valence-electron chi connectivity index (χ2n) is 5.30. The van der Waals surface area contributed by atoms with E-state index in [0.717, 1.165) is 17.5 Å². The molecule has 0 bridgehead atoms. The molecule has 1 unspecified atom stereocenters. The first-order chi connectivity index (χ1) is 10.2. The van der Waals surface area contributed by atoms with E-state index in [1.165, 1.54) is 0 Å². The summed E-state index contributed by atoms with van der Waals surface area (Å²) in [5, 5.41) is 0. The molecule has 0 saturated heterocycles. The van der Waals surface area contributed by atoms with E-state index in [1.54, 1.807) is 4.57 Å². The van der Waals surface area contributed by atoms with Gasteiger partial charge >= 0.3 is 5.69 Å². The number of imidazole rings is 1. The van der Waals surface area contributed by atoms with Crippen LogP contribution in [0, 0.1) is 0 Å². The van der Waals surface area contributed by atoms with Gasteiger partial charge in [-0.05, 0) is 18.6 Å². The third kappa shape index (κ3) is 2.51. The Morgan fingerprint density at radius 1 is 1.38 bits per heavy atom. The smallest absolute Gasteiger partial charge is 0.326 e. The average molecular weight is 285 g/mol. The number of aromatic amines is 1. The second-order valence-corrected chi connectivity index (χ2v) is 5.30. The SMILES string of the molecule is CCC1C=CCN1C(=O)CCn1c(=O)[nH]c2ccccc21. The fourth-order valence-electron chi connectivity index (χ4n) is 2.89. The van der Waals surface area contributed by atoms with Crippen LogP contribution < -0.4 is 5.69 Å². The lowest BCUT2D eigenvalue weighted by Crippen LogP contribution is -2.36. The van der Waals surface area contributed by atoms with Crippen LogP contribution in [-0.4, -0.2) is 32.9 Å². The molecule has 0 radical (unpaired) electrons. The van der Waals surface area contributed by atoms with Crippen LogP contribution in [0.5, 0.6) is 0 Å². The zero-order chi connectivity index (χ0) is 14.8. The summed E-state index contributed by atoms with van der Waals surface area (Å²) in [6, 6.07) is 7.74. The van der Waals surface area contributed by atoms with Gasteiger partial charge in [0.1, 0.15) is 0 Å². The molecular weight excluding hydrogens is 266 g/mol. The van der Waals surface area contributed by atoms with Gasteiger partial charge in [-0.2, -0.15) is 0 Å². The fraction of sp³-hybridized carbons (Fsp3) is 0.375. The molecule has 0 fully saturated rings. The summed E-state index contributed by atoms with van der Waals surface area (Å²) in [4.78, 5) is 29.0. The highest BCUT2D eigenvalue weighted by molar-refractivity contribution is 5.78. The van der Waals surface area contributed by atoms with E-state index in [1.807, 2.05) is 35.2 Å². The first kappa shape index (κ1) is 13.7. The van der Waals surface area contributed by atoms with E-state index in [4.69, 9.17) is 0 Å². The van der Waals surface area contributed by atoms with Crippen molar-refractivity contribution < 1.29 is 4.79 Å². The Hall–Kier alpha value is -2.30. The minimum absolute atomic E-state index is 0.101. The van der Waals surface area contributed by atoms with Gasteiger partial charge in [-0.1, -0.05) is 31.2 Å². The van der Waals surface area contributed by atoms with Crippen molar-refractivity contribution in [2.75, 3.05) is 6.54 Å². The van der Waals surface area contributed by atoms with E-state index in [0.29, 0.717) is 19.5 Å². The number of rotatable bonds is 4. The molecule has 1 aromatic carbocycles. The van der Waals surface area contributed by atoms with E-state index < -0.39 is 0 Å². The van der Waals surface area contributed by atoms with Gasteiger partial charge < -0.3 is 9.88 Å². The van der Waals surface area contributed by atoms with Crippen molar-refractivity contribution >= 4 is 16.9 Å². The zero-order valence-electron chi connectivity index (χ0n) is 12.1. The topological polar surface area (TPSA) is 58.1 Å². The van der Waals surface area contributed by atoms with Crippen molar-refractivity contribution in [3.05, 3.63) is 46.9 Å². The molecule has 0 spiro atoms.